The maximum absolute atomic E-state index is 8.52. The Balaban J connectivity index is 0. The van der Waals surface area contributed by atoms with Crippen LogP contribution in [0.3, 0.4) is 0 Å². The quantitative estimate of drug-likeness (QED) is 0.236. The summed E-state index contributed by atoms with van der Waals surface area (Å²) in [6.45, 7) is 0. The molecule has 0 bridgehead atoms. The average molecular weight is 223 g/mol. The Hall–Kier alpha value is 0.600. The second-order valence-electron chi connectivity index (χ2n) is 0.408. The fraction of sp³-hybridized carbons (Fsp3) is 0. The molecule has 0 aliphatic heterocycles. The third kappa shape index (κ3) is 166. The van der Waals surface area contributed by atoms with E-state index in [1.165, 1.54) is 0 Å². The maximum atomic E-state index is 8.52. The highest BCUT2D eigenvalue weighted by Crippen LogP contribution is 1.57. The van der Waals surface area contributed by atoms with Crippen LogP contribution in [0.1, 0.15) is 0 Å². The molecule has 0 aromatic rings. The highest BCUT2D eigenvalue weighted by Gasteiger charge is 1.49. The fourth-order valence-electron chi connectivity index (χ4n) is 0. The van der Waals surface area contributed by atoms with E-state index in [-0.39, 0.29) is 24.0 Å². The molecule has 0 saturated heterocycles. The zero-order chi connectivity index (χ0) is 4.50. The normalized spacial score (nSPS) is 9.67. The van der Waals surface area contributed by atoms with E-state index < -0.39 is 10.4 Å². The number of hydrogen-bond acceptors (Lipinski definition) is 4. The van der Waals surface area contributed by atoms with Crippen LogP contribution in [0.2, 0.25) is 0 Å². The minimum absolute atomic E-state index is 0. The largest absolute Gasteiger partial charge is 1.00 e. The minimum Gasteiger partial charge on any atom is -1.00 e. The topological polar surface area (TPSA) is 80.3 Å². The lowest BCUT2D eigenvalue weighted by Crippen LogP contribution is -3.00. The Kier molecular flexibility index (Phi) is 4.43. The van der Waals surface area contributed by atoms with E-state index in [4.69, 9.17) is 17.5 Å². The molecule has 0 saturated carbocycles. The van der Waals surface area contributed by atoms with Crippen LogP contribution in [-0.2, 0) is 10.4 Å². The zero-order valence-corrected chi connectivity index (χ0v) is 5.39. The van der Waals surface area contributed by atoms with E-state index in [9.17, 15) is 0 Å². The van der Waals surface area contributed by atoms with Gasteiger partial charge in [-0.25, -0.2) is 0 Å². The molecule has 0 aliphatic rings. The summed E-state index contributed by atoms with van der Waals surface area (Å²) in [4.78, 5) is 0. The standard InChI is InChI=1S/HI.H2O4S/c;1-5(2,3)4/h1H;(H2,1,2,3,4)/p-3. The van der Waals surface area contributed by atoms with Gasteiger partial charge in [0.05, 0.1) is 0 Å². The maximum Gasteiger partial charge on any atom is 0.0311 e. The van der Waals surface area contributed by atoms with Gasteiger partial charge in [-0.2, -0.15) is 0 Å². The van der Waals surface area contributed by atoms with Crippen LogP contribution >= 0.6 is 0 Å². The van der Waals surface area contributed by atoms with E-state index in [0.29, 0.717) is 0 Å². The Bertz CT molecular complexity index is 90.7. The zero-order valence-electron chi connectivity index (χ0n) is 2.42. The molecule has 0 radical (unpaired) electrons. The van der Waals surface area contributed by atoms with Gasteiger partial charge in [-0.05, 0) is 0 Å². The average Bonchev–Trinajstić information content (AvgIpc) is 0.722. The number of rotatable bonds is 0. The second kappa shape index (κ2) is 2.72. The molecule has 0 aromatic carbocycles. The predicted octanol–water partition coefficient (Wildman–Crippen LogP) is -4.33. The molecule has 0 unspecified atom stereocenters. The van der Waals surface area contributed by atoms with Crippen molar-refractivity contribution in [1.29, 1.82) is 0 Å². The summed E-state index contributed by atoms with van der Waals surface area (Å²) in [6.07, 6.45) is 0. The molecular formula is IO4S-3. The molecule has 0 rings (SSSR count). The van der Waals surface area contributed by atoms with Gasteiger partial charge >= 0.3 is 0 Å². The first-order valence-electron chi connectivity index (χ1n) is 0.667. The highest BCUT2D eigenvalue weighted by molar-refractivity contribution is 7.79. The summed E-state index contributed by atoms with van der Waals surface area (Å²) < 4.78 is 34.1. The van der Waals surface area contributed by atoms with Crippen LogP contribution in [0.5, 0.6) is 0 Å². The summed E-state index contributed by atoms with van der Waals surface area (Å²) in [5.74, 6) is 0. The lowest BCUT2D eigenvalue weighted by molar-refractivity contribution is -0.00000836. The summed E-state index contributed by atoms with van der Waals surface area (Å²) in [5, 5.41) is 0. The Morgan fingerprint density at radius 2 is 1.17 bits per heavy atom. The van der Waals surface area contributed by atoms with Crippen LogP contribution < -0.4 is 24.0 Å². The summed E-state index contributed by atoms with van der Waals surface area (Å²) in [5.41, 5.74) is 0. The first-order chi connectivity index (χ1) is 2.00. The summed E-state index contributed by atoms with van der Waals surface area (Å²) in [7, 11) is -5.17. The monoisotopic (exact) mass is 223 g/mol. The Morgan fingerprint density at radius 1 is 1.17 bits per heavy atom. The van der Waals surface area contributed by atoms with Crippen molar-refractivity contribution in [2.75, 3.05) is 0 Å². The van der Waals surface area contributed by atoms with Gasteiger partial charge in [0.15, 0.2) is 0 Å². The van der Waals surface area contributed by atoms with Gasteiger partial charge in [0.1, 0.15) is 0 Å². The fourth-order valence-corrected chi connectivity index (χ4v) is 0. The summed E-state index contributed by atoms with van der Waals surface area (Å²) in [6, 6.07) is 0. The minimum atomic E-state index is -5.17. The van der Waals surface area contributed by atoms with Crippen molar-refractivity contribution in [1.82, 2.24) is 0 Å². The van der Waals surface area contributed by atoms with Gasteiger partial charge in [-0.1, -0.05) is 0 Å². The van der Waals surface area contributed by atoms with Crippen molar-refractivity contribution >= 4 is 10.4 Å². The molecule has 6 heteroatoms. The van der Waals surface area contributed by atoms with Crippen molar-refractivity contribution in [3.05, 3.63) is 0 Å². The lowest BCUT2D eigenvalue weighted by Gasteiger charge is -2.06. The van der Waals surface area contributed by atoms with Gasteiger partial charge < -0.3 is 33.1 Å². The lowest BCUT2D eigenvalue weighted by atomic mass is 15.8. The Morgan fingerprint density at radius 3 is 1.17 bits per heavy atom. The highest BCUT2D eigenvalue weighted by atomic mass is 127. The van der Waals surface area contributed by atoms with Gasteiger partial charge in [0.2, 0.25) is 0 Å². The SMILES string of the molecule is O=S(=O)([O-])[O-].[I-]. The van der Waals surface area contributed by atoms with Crippen LogP contribution in [-0.4, -0.2) is 17.5 Å². The second-order valence-corrected chi connectivity index (χ2v) is 1.22. The molecule has 0 aliphatic carbocycles. The van der Waals surface area contributed by atoms with Gasteiger partial charge in [-0.3, -0.25) is 8.42 Å². The van der Waals surface area contributed by atoms with Crippen molar-refractivity contribution in [2.45, 2.75) is 0 Å². The van der Waals surface area contributed by atoms with Gasteiger partial charge in [-0.15, -0.1) is 0 Å². The van der Waals surface area contributed by atoms with E-state index in [1.807, 2.05) is 0 Å². The molecule has 0 N–H and O–H groups in total. The third-order valence-electron chi connectivity index (χ3n) is 0. The molecule has 0 amide bonds. The van der Waals surface area contributed by atoms with E-state index in [1.54, 1.807) is 0 Å². The number of halogens is 1. The molecule has 0 heterocycles. The van der Waals surface area contributed by atoms with Crippen molar-refractivity contribution in [2.24, 2.45) is 0 Å². The Labute approximate surface area is 52.1 Å². The van der Waals surface area contributed by atoms with Crippen molar-refractivity contribution < 1.29 is 41.5 Å². The molecule has 0 atom stereocenters. The van der Waals surface area contributed by atoms with Crippen molar-refractivity contribution in [3.63, 3.8) is 0 Å². The molecular weight excluding hydrogens is 223 g/mol. The van der Waals surface area contributed by atoms with E-state index in [0.717, 1.165) is 0 Å². The van der Waals surface area contributed by atoms with Crippen molar-refractivity contribution in [3.8, 4) is 0 Å². The molecule has 0 aromatic heterocycles. The first-order valence-corrected chi connectivity index (χ1v) is 2.00. The van der Waals surface area contributed by atoms with Crippen LogP contribution in [0.4, 0.5) is 0 Å². The molecule has 0 spiro atoms. The van der Waals surface area contributed by atoms with Gasteiger partial charge in [0.25, 0.3) is 0 Å². The van der Waals surface area contributed by atoms with Crippen LogP contribution in [0, 0.1) is 0 Å². The van der Waals surface area contributed by atoms with E-state index in [2.05, 4.69) is 0 Å². The van der Waals surface area contributed by atoms with Gasteiger partial charge in [0, 0.05) is 10.4 Å². The van der Waals surface area contributed by atoms with Crippen LogP contribution in [0.15, 0.2) is 0 Å². The molecule has 0 fully saturated rings. The number of hydrogen-bond donors (Lipinski definition) is 0. The molecule has 40 valence electrons. The predicted molar refractivity (Wildman–Crippen MR) is 10.5 cm³/mol. The third-order valence-corrected chi connectivity index (χ3v) is 0. The van der Waals surface area contributed by atoms with E-state index >= 15 is 0 Å². The first kappa shape index (κ1) is 9.78. The summed E-state index contributed by atoms with van der Waals surface area (Å²) >= 11 is 0. The smallest absolute Gasteiger partial charge is 0.0311 e. The molecule has 6 heavy (non-hydrogen) atoms. The van der Waals surface area contributed by atoms with Crippen LogP contribution in [0.25, 0.3) is 0 Å². The molecule has 4 nitrogen and oxygen atoms in total.